The fourth-order valence-electron chi connectivity index (χ4n) is 4.13. The van der Waals surface area contributed by atoms with Gasteiger partial charge in [0.15, 0.2) is 0 Å². The predicted octanol–water partition coefficient (Wildman–Crippen LogP) is 4.56. The molecule has 1 aliphatic rings. The Morgan fingerprint density at radius 2 is 1.71 bits per heavy atom. The van der Waals surface area contributed by atoms with Crippen molar-refractivity contribution in [3.63, 3.8) is 0 Å². The second-order valence-electron chi connectivity index (χ2n) is 7.92. The van der Waals surface area contributed by atoms with Gasteiger partial charge in [0, 0.05) is 16.8 Å². The summed E-state index contributed by atoms with van der Waals surface area (Å²) in [5.41, 5.74) is 1.14. The number of carbonyl (C=O) groups is 3. The van der Waals surface area contributed by atoms with Crippen LogP contribution in [0.3, 0.4) is 0 Å². The zero-order valence-electron chi connectivity index (χ0n) is 19.2. The Hall–Kier alpha value is -4.46. The lowest BCUT2D eigenvalue weighted by atomic mass is 9.94. The summed E-state index contributed by atoms with van der Waals surface area (Å²) in [5, 5.41) is 11.2. The Balaban J connectivity index is 1.98. The van der Waals surface area contributed by atoms with Crippen LogP contribution < -0.4 is 9.64 Å². The molecule has 1 heterocycles. The van der Waals surface area contributed by atoms with E-state index in [1.54, 1.807) is 36.4 Å². The van der Waals surface area contributed by atoms with Gasteiger partial charge < -0.3 is 14.6 Å². The van der Waals surface area contributed by atoms with E-state index in [-0.39, 0.29) is 28.0 Å². The number of methoxy groups -OCH3 is 2. The number of nitrogens with zero attached hydrogens (tertiary/aromatic N) is 1. The molecule has 0 spiro atoms. The molecule has 1 fully saturated rings. The van der Waals surface area contributed by atoms with Crippen molar-refractivity contribution < 1.29 is 33.4 Å². The Kier molecular flexibility index (Phi) is 6.38. The molecule has 7 nitrogen and oxygen atoms in total. The molecule has 3 aromatic carbocycles. The van der Waals surface area contributed by atoms with Crippen molar-refractivity contribution in [1.29, 1.82) is 0 Å². The number of ether oxygens (including phenoxy) is 2. The van der Waals surface area contributed by atoms with E-state index in [2.05, 4.69) is 0 Å². The lowest BCUT2D eigenvalue weighted by molar-refractivity contribution is -0.132. The molecule has 0 saturated carbocycles. The van der Waals surface area contributed by atoms with Crippen LogP contribution in [0.15, 0.2) is 72.3 Å². The second kappa shape index (κ2) is 9.42. The monoisotopic (exact) mass is 475 g/mol. The first-order valence-electron chi connectivity index (χ1n) is 10.7. The fourth-order valence-corrected chi connectivity index (χ4v) is 4.13. The van der Waals surface area contributed by atoms with Gasteiger partial charge in [-0.25, -0.2) is 9.18 Å². The molecule has 4 rings (SSSR count). The van der Waals surface area contributed by atoms with E-state index < -0.39 is 35.3 Å². The summed E-state index contributed by atoms with van der Waals surface area (Å²) >= 11 is 0. The molecule has 1 amide bonds. The van der Waals surface area contributed by atoms with Crippen molar-refractivity contribution in [2.24, 2.45) is 0 Å². The summed E-state index contributed by atoms with van der Waals surface area (Å²) < 4.78 is 24.1. The van der Waals surface area contributed by atoms with Gasteiger partial charge >= 0.3 is 5.97 Å². The van der Waals surface area contributed by atoms with Gasteiger partial charge in [-0.2, -0.15) is 0 Å². The summed E-state index contributed by atoms with van der Waals surface area (Å²) in [6.07, 6.45) is 0. The van der Waals surface area contributed by atoms with Crippen LogP contribution in [0.2, 0.25) is 0 Å². The lowest BCUT2D eigenvalue weighted by Crippen LogP contribution is -2.29. The third-order valence-corrected chi connectivity index (χ3v) is 5.85. The number of amides is 1. The molecule has 0 radical (unpaired) electrons. The smallest absolute Gasteiger partial charge is 0.337 e. The highest BCUT2D eigenvalue weighted by molar-refractivity contribution is 6.51. The van der Waals surface area contributed by atoms with Gasteiger partial charge in [-0.1, -0.05) is 24.3 Å². The van der Waals surface area contributed by atoms with Crippen LogP contribution in [-0.2, 0) is 14.3 Å². The number of para-hydroxylation sites is 1. The normalized spacial score (nSPS) is 16.9. The van der Waals surface area contributed by atoms with Crippen LogP contribution in [0, 0.1) is 12.7 Å². The standard InChI is InChI=1S/C27H22FNO6/c1-15-13-16(11-12-20(15)28)24(30)22-23(19-9-4-5-10-21(19)34-2)29(26(32)25(22)31)18-8-6-7-17(14-18)27(33)35-3/h4-14,23,30H,1-3H3/b24-22+. The van der Waals surface area contributed by atoms with Gasteiger partial charge in [-0.05, 0) is 55.0 Å². The Morgan fingerprint density at radius 1 is 0.971 bits per heavy atom. The molecule has 1 unspecified atom stereocenters. The van der Waals surface area contributed by atoms with Crippen LogP contribution in [0.4, 0.5) is 10.1 Å². The number of ketones is 1. The van der Waals surface area contributed by atoms with Crippen molar-refractivity contribution in [1.82, 2.24) is 0 Å². The van der Waals surface area contributed by atoms with E-state index in [1.807, 2.05) is 0 Å². The number of aliphatic hydroxyl groups excluding tert-OH is 1. The van der Waals surface area contributed by atoms with Crippen LogP contribution in [0.25, 0.3) is 5.76 Å². The number of aliphatic hydroxyl groups is 1. The maximum Gasteiger partial charge on any atom is 0.337 e. The quantitative estimate of drug-likeness (QED) is 0.252. The number of esters is 1. The van der Waals surface area contributed by atoms with Gasteiger partial charge in [0.05, 0.1) is 31.4 Å². The molecule has 0 aliphatic carbocycles. The zero-order valence-corrected chi connectivity index (χ0v) is 19.2. The predicted molar refractivity (Wildman–Crippen MR) is 127 cm³/mol. The maximum atomic E-state index is 13.9. The number of Topliss-reactive ketones (excluding diaryl/α,β-unsaturated/α-hetero) is 1. The van der Waals surface area contributed by atoms with Crippen molar-refractivity contribution in [2.45, 2.75) is 13.0 Å². The van der Waals surface area contributed by atoms with Gasteiger partial charge in [0.25, 0.3) is 11.7 Å². The first-order chi connectivity index (χ1) is 16.8. The molecule has 1 atom stereocenters. The third kappa shape index (κ3) is 4.14. The summed E-state index contributed by atoms with van der Waals surface area (Å²) in [4.78, 5) is 39.9. The average molecular weight is 475 g/mol. The van der Waals surface area contributed by atoms with Crippen LogP contribution in [0.5, 0.6) is 5.75 Å². The molecule has 0 aromatic heterocycles. The molecule has 1 saturated heterocycles. The largest absolute Gasteiger partial charge is 0.507 e. The maximum absolute atomic E-state index is 13.9. The molecule has 35 heavy (non-hydrogen) atoms. The van der Waals surface area contributed by atoms with Crippen LogP contribution in [-0.4, -0.2) is 37.0 Å². The molecule has 3 aromatic rings. The molecular weight excluding hydrogens is 453 g/mol. The minimum Gasteiger partial charge on any atom is -0.507 e. The van der Waals surface area contributed by atoms with E-state index in [4.69, 9.17) is 9.47 Å². The van der Waals surface area contributed by atoms with E-state index in [9.17, 15) is 23.9 Å². The number of benzene rings is 3. The lowest BCUT2D eigenvalue weighted by Gasteiger charge is -2.27. The first kappa shape index (κ1) is 23.7. The van der Waals surface area contributed by atoms with Crippen LogP contribution >= 0.6 is 0 Å². The highest BCUT2D eigenvalue weighted by Crippen LogP contribution is 2.45. The average Bonchev–Trinajstić information content (AvgIpc) is 3.14. The van der Waals surface area contributed by atoms with Gasteiger partial charge in [0.2, 0.25) is 0 Å². The van der Waals surface area contributed by atoms with Crippen LogP contribution in [0.1, 0.15) is 33.1 Å². The van der Waals surface area contributed by atoms with E-state index in [0.29, 0.717) is 11.3 Å². The van der Waals surface area contributed by atoms with Crippen molar-refractivity contribution in [2.75, 3.05) is 19.1 Å². The van der Waals surface area contributed by atoms with Gasteiger partial charge in [-0.15, -0.1) is 0 Å². The second-order valence-corrected chi connectivity index (χ2v) is 7.92. The van der Waals surface area contributed by atoms with Crippen molar-refractivity contribution in [3.05, 3.63) is 100 Å². The SMILES string of the molecule is COC(=O)c1cccc(N2C(=O)C(=O)/C(=C(/O)c3ccc(F)c(C)c3)C2c2ccccc2OC)c1. The number of aryl methyl sites for hydroxylation is 1. The first-order valence-corrected chi connectivity index (χ1v) is 10.7. The number of carbonyl (C=O) groups excluding carboxylic acids is 3. The molecule has 8 heteroatoms. The fraction of sp³-hybridized carbons (Fsp3) is 0.148. The summed E-state index contributed by atoms with van der Waals surface area (Å²) in [6.45, 7) is 1.53. The van der Waals surface area contributed by atoms with Crippen molar-refractivity contribution in [3.8, 4) is 5.75 Å². The summed E-state index contributed by atoms with van der Waals surface area (Å²) in [7, 11) is 2.69. The van der Waals surface area contributed by atoms with Gasteiger partial charge in [-0.3, -0.25) is 14.5 Å². The molecule has 0 bridgehead atoms. The third-order valence-electron chi connectivity index (χ3n) is 5.85. The number of hydrogen-bond donors (Lipinski definition) is 1. The number of rotatable bonds is 5. The molecular formula is C27H22FNO6. The zero-order chi connectivity index (χ0) is 25.3. The van der Waals surface area contributed by atoms with Crippen molar-refractivity contribution >= 4 is 29.1 Å². The summed E-state index contributed by atoms with van der Waals surface area (Å²) in [6, 6.07) is 15.7. The minimum absolute atomic E-state index is 0.180. The van der Waals surface area contributed by atoms with E-state index in [1.165, 1.54) is 56.4 Å². The van der Waals surface area contributed by atoms with E-state index in [0.717, 1.165) is 0 Å². The Bertz CT molecular complexity index is 1380. The van der Waals surface area contributed by atoms with Gasteiger partial charge in [0.1, 0.15) is 17.3 Å². The Labute approximate surface area is 201 Å². The number of hydrogen-bond acceptors (Lipinski definition) is 6. The topological polar surface area (TPSA) is 93.1 Å². The minimum atomic E-state index is -1.08. The Morgan fingerprint density at radius 3 is 2.40 bits per heavy atom. The molecule has 178 valence electrons. The molecule has 1 N–H and O–H groups in total. The summed E-state index contributed by atoms with van der Waals surface area (Å²) in [5.74, 6) is -2.97. The number of anilines is 1. The highest BCUT2D eigenvalue weighted by Gasteiger charge is 2.48. The molecule has 1 aliphatic heterocycles. The highest BCUT2D eigenvalue weighted by atomic mass is 19.1. The van der Waals surface area contributed by atoms with E-state index >= 15 is 0 Å². The number of halogens is 1.